The molecular weight excluding hydrogens is 200 g/mol. The van der Waals surface area contributed by atoms with Gasteiger partial charge >= 0.3 is 0 Å². The predicted octanol–water partition coefficient (Wildman–Crippen LogP) is 3.24. The Morgan fingerprint density at radius 1 is 0.600 bits per heavy atom. The van der Waals surface area contributed by atoms with Crippen LogP contribution in [0.2, 0.25) is 11.1 Å². The minimum Gasteiger partial charge on any atom is -0.323 e. The first-order valence-corrected chi connectivity index (χ1v) is 8.43. The first-order valence-electron chi connectivity index (χ1n) is 6.27. The molecule has 0 aliphatic carbocycles. The Bertz CT molecular complexity index is 156. The van der Waals surface area contributed by atoms with Gasteiger partial charge in [-0.15, -0.1) is 0 Å². The summed E-state index contributed by atoms with van der Waals surface area (Å²) in [5, 5.41) is 0. The van der Waals surface area contributed by atoms with Crippen LogP contribution in [0.4, 0.5) is 0 Å². The highest BCUT2D eigenvalue weighted by Gasteiger charge is 2.41. The summed E-state index contributed by atoms with van der Waals surface area (Å²) in [4.78, 5) is 7.70. The summed E-state index contributed by atoms with van der Waals surface area (Å²) in [5.41, 5.74) is 1.42. The Kier molecular flexibility index (Phi) is 6.07. The third-order valence-corrected chi connectivity index (χ3v) is 8.63. The van der Waals surface area contributed by atoms with Gasteiger partial charge in [-0.3, -0.25) is 0 Å². The second-order valence-electron chi connectivity index (χ2n) is 5.78. The molecule has 0 unspecified atom stereocenters. The van der Waals surface area contributed by atoms with Crippen molar-refractivity contribution in [1.82, 2.24) is 9.96 Å². The zero-order chi connectivity index (χ0) is 12.2. The van der Waals surface area contributed by atoms with Crippen LogP contribution in [0.1, 0.15) is 55.4 Å². The Balaban J connectivity index is 4.90. The van der Waals surface area contributed by atoms with E-state index >= 15 is 0 Å². The normalized spacial score (nSPS) is 13.6. The molecule has 0 amide bonds. The molecule has 0 aromatic heterocycles. The average Bonchev–Trinajstić information content (AvgIpc) is 1.99. The van der Waals surface area contributed by atoms with Gasteiger partial charge in [-0.1, -0.05) is 55.4 Å². The van der Waals surface area contributed by atoms with E-state index in [0.717, 1.165) is 0 Å². The van der Waals surface area contributed by atoms with Crippen LogP contribution in [-0.4, -0.2) is 20.5 Å². The van der Waals surface area contributed by atoms with Crippen molar-refractivity contribution in [2.75, 3.05) is 0 Å². The molecule has 0 spiro atoms. The lowest BCUT2D eigenvalue weighted by molar-refractivity contribution is 0.611. The van der Waals surface area contributed by atoms with Gasteiger partial charge < -0.3 is 9.96 Å². The van der Waals surface area contributed by atoms with E-state index < -0.39 is 8.40 Å². The zero-order valence-electron chi connectivity index (χ0n) is 11.8. The molecule has 0 rings (SSSR count). The van der Waals surface area contributed by atoms with Gasteiger partial charge in [0.05, 0.1) is 0 Å². The maximum absolute atomic E-state index is 3.85. The molecule has 2 nitrogen and oxygen atoms in total. The van der Waals surface area contributed by atoms with E-state index in [1.165, 1.54) is 0 Å². The first kappa shape index (κ1) is 15.1. The fourth-order valence-corrected chi connectivity index (χ4v) is 6.99. The minimum absolute atomic E-state index is 0.563. The number of hydrogen-bond acceptors (Lipinski definition) is 2. The van der Waals surface area contributed by atoms with E-state index in [0.29, 0.717) is 23.2 Å². The molecule has 0 aliphatic rings. The molecule has 0 fully saturated rings. The summed E-state index contributed by atoms with van der Waals surface area (Å²) >= 11 is 0. The third-order valence-electron chi connectivity index (χ3n) is 2.88. The fourth-order valence-electron chi connectivity index (χ4n) is 2.33. The van der Waals surface area contributed by atoms with E-state index in [1.54, 1.807) is 0 Å². The van der Waals surface area contributed by atoms with Crippen molar-refractivity contribution in [3.63, 3.8) is 0 Å². The molecule has 0 saturated heterocycles. The molecular formula is C12H30N2Si. The first-order chi connectivity index (χ1) is 6.72. The summed E-state index contributed by atoms with van der Waals surface area (Å²) in [5.74, 6) is 0. The lowest BCUT2D eigenvalue weighted by atomic mass is 10.4. The van der Waals surface area contributed by atoms with Crippen molar-refractivity contribution < 1.29 is 0 Å². The van der Waals surface area contributed by atoms with E-state index in [1.807, 2.05) is 0 Å². The molecule has 15 heavy (non-hydrogen) atoms. The van der Waals surface area contributed by atoms with E-state index in [4.69, 9.17) is 0 Å². The van der Waals surface area contributed by atoms with E-state index in [9.17, 15) is 0 Å². The van der Waals surface area contributed by atoms with Gasteiger partial charge in [0, 0.05) is 0 Å². The molecule has 0 aromatic carbocycles. The topological polar surface area (TPSA) is 24.1 Å². The standard InChI is InChI=1S/C12H30N2Si/c1-9(2)13-15(11(5)6,12(7)8)14-10(3)4/h9-14H,1-8H3. The van der Waals surface area contributed by atoms with Crippen LogP contribution in [-0.2, 0) is 0 Å². The van der Waals surface area contributed by atoms with Crippen molar-refractivity contribution in [1.29, 1.82) is 0 Å². The Labute approximate surface area is 97.4 Å². The van der Waals surface area contributed by atoms with Gasteiger partial charge in [-0.2, -0.15) is 0 Å². The second-order valence-corrected chi connectivity index (χ2v) is 10.4. The monoisotopic (exact) mass is 230 g/mol. The maximum atomic E-state index is 3.85. The van der Waals surface area contributed by atoms with Gasteiger partial charge in [-0.25, -0.2) is 0 Å². The van der Waals surface area contributed by atoms with Gasteiger partial charge in [-0.05, 0) is 23.2 Å². The lowest BCUT2D eigenvalue weighted by Gasteiger charge is -2.43. The summed E-state index contributed by atoms with van der Waals surface area (Å²) < 4.78 is 0. The maximum Gasteiger partial charge on any atom is 0.207 e. The lowest BCUT2D eigenvalue weighted by Crippen LogP contribution is -2.69. The van der Waals surface area contributed by atoms with Crippen LogP contribution in [0.5, 0.6) is 0 Å². The van der Waals surface area contributed by atoms with Crippen molar-refractivity contribution in [2.24, 2.45) is 0 Å². The summed E-state index contributed by atoms with van der Waals surface area (Å²) in [6.45, 7) is 18.4. The fraction of sp³-hybridized carbons (Fsp3) is 1.00. The van der Waals surface area contributed by atoms with Crippen molar-refractivity contribution in [3.8, 4) is 0 Å². The summed E-state index contributed by atoms with van der Waals surface area (Å²) in [6.07, 6.45) is 0. The molecule has 0 bridgehead atoms. The predicted molar refractivity (Wildman–Crippen MR) is 72.5 cm³/mol. The molecule has 0 heterocycles. The van der Waals surface area contributed by atoms with Crippen molar-refractivity contribution >= 4 is 8.40 Å². The third kappa shape index (κ3) is 4.25. The summed E-state index contributed by atoms with van der Waals surface area (Å²) in [6, 6.07) is 1.13. The molecule has 0 saturated carbocycles. The zero-order valence-corrected chi connectivity index (χ0v) is 12.8. The van der Waals surface area contributed by atoms with E-state index in [2.05, 4.69) is 65.4 Å². The quantitative estimate of drug-likeness (QED) is 0.685. The van der Waals surface area contributed by atoms with Gasteiger partial charge in [0.15, 0.2) is 0 Å². The average molecular weight is 230 g/mol. The van der Waals surface area contributed by atoms with Crippen LogP contribution in [0.25, 0.3) is 0 Å². The molecule has 3 heteroatoms. The molecule has 2 N–H and O–H groups in total. The van der Waals surface area contributed by atoms with Crippen LogP contribution in [0.3, 0.4) is 0 Å². The number of rotatable bonds is 6. The number of hydrogen-bond donors (Lipinski definition) is 2. The molecule has 0 radical (unpaired) electrons. The molecule has 0 aromatic rings. The van der Waals surface area contributed by atoms with Crippen LogP contribution in [0, 0.1) is 0 Å². The van der Waals surface area contributed by atoms with Gasteiger partial charge in [0.25, 0.3) is 0 Å². The highest BCUT2D eigenvalue weighted by atomic mass is 28.3. The van der Waals surface area contributed by atoms with Gasteiger partial charge in [0.2, 0.25) is 8.40 Å². The smallest absolute Gasteiger partial charge is 0.207 e. The van der Waals surface area contributed by atoms with Crippen molar-refractivity contribution in [2.45, 2.75) is 78.6 Å². The minimum atomic E-state index is -1.58. The molecule has 92 valence electrons. The van der Waals surface area contributed by atoms with Crippen molar-refractivity contribution in [3.05, 3.63) is 0 Å². The van der Waals surface area contributed by atoms with E-state index in [-0.39, 0.29) is 0 Å². The highest BCUT2D eigenvalue weighted by Crippen LogP contribution is 2.28. The Morgan fingerprint density at radius 3 is 1.00 bits per heavy atom. The van der Waals surface area contributed by atoms with Gasteiger partial charge in [0.1, 0.15) is 0 Å². The highest BCUT2D eigenvalue weighted by molar-refractivity contribution is 6.77. The largest absolute Gasteiger partial charge is 0.323 e. The van der Waals surface area contributed by atoms with Crippen LogP contribution < -0.4 is 9.96 Å². The Morgan fingerprint density at radius 2 is 0.867 bits per heavy atom. The number of nitrogens with one attached hydrogen (secondary N) is 2. The summed E-state index contributed by atoms with van der Waals surface area (Å²) in [7, 11) is -1.58. The van der Waals surface area contributed by atoms with Crippen LogP contribution in [0.15, 0.2) is 0 Å². The molecule has 0 atom stereocenters. The Hall–Kier alpha value is 0.137. The SMILES string of the molecule is CC(C)N[Si](NC(C)C)(C(C)C)C(C)C. The second kappa shape index (κ2) is 6.02. The molecule has 0 aliphatic heterocycles. The van der Waals surface area contributed by atoms with Crippen LogP contribution >= 0.6 is 0 Å².